The van der Waals surface area contributed by atoms with E-state index in [4.69, 9.17) is 4.74 Å². The summed E-state index contributed by atoms with van der Waals surface area (Å²) in [5.74, 6) is 6.22. The second-order valence-corrected chi connectivity index (χ2v) is 3.09. The van der Waals surface area contributed by atoms with Crippen LogP contribution < -0.4 is 0 Å². The summed E-state index contributed by atoms with van der Waals surface area (Å²) in [5, 5.41) is 0. The van der Waals surface area contributed by atoms with Crippen molar-refractivity contribution in [3.63, 3.8) is 0 Å². The maximum atomic E-state index is 5.26. The monoisotopic (exact) mass is 167 g/mol. The number of methoxy groups -OCH3 is 1. The van der Waals surface area contributed by atoms with Crippen LogP contribution in [-0.4, -0.2) is 37.7 Å². The lowest BCUT2D eigenvalue weighted by atomic mass is 10.3. The summed E-state index contributed by atoms with van der Waals surface area (Å²) >= 11 is 0. The summed E-state index contributed by atoms with van der Waals surface area (Å²) in [6.07, 6.45) is 2.56. The maximum absolute atomic E-state index is 5.26. The fourth-order valence-corrected chi connectivity index (χ4v) is 1.43. The van der Waals surface area contributed by atoms with Gasteiger partial charge in [0.05, 0.1) is 12.6 Å². The first-order valence-corrected chi connectivity index (χ1v) is 4.57. The molecule has 0 aliphatic carbocycles. The molecule has 0 aromatic carbocycles. The summed E-state index contributed by atoms with van der Waals surface area (Å²) in [4.78, 5) is 2.34. The van der Waals surface area contributed by atoms with Crippen molar-refractivity contribution in [2.45, 2.75) is 25.9 Å². The van der Waals surface area contributed by atoms with E-state index in [1.165, 1.54) is 0 Å². The van der Waals surface area contributed by atoms with Crippen molar-refractivity contribution >= 4 is 0 Å². The normalized spacial score (nSPS) is 23.7. The van der Waals surface area contributed by atoms with E-state index >= 15 is 0 Å². The minimum atomic E-state index is 0.438. The molecule has 0 unspecified atom stereocenters. The van der Waals surface area contributed by atoms with Gasteiger partial charge < -0.3 is 4.74 Å². The van der Waals surface area contributed by atoms with Gasteiger partial charge in [0.2, 0.25) is 0 Å². The Balaban J connectivity index is 2.19. The van der Waals surface area contributed by atoms with Crippen LogP contribution in [0.5, 0.6) is 0 Å². The number of ether oxygens (including phenoxy) is 1. The van der Waals surface area contributed by atoms with Crippen LogP contribution in [0.1, 0.15) is 19.8 Å². The minimum Gasteiger partial charge on any atom is -0.380 e. The fourth-order valence-electron chi connectivity index (χ4n) is 1.43. The molecule has 0 aromatic rings. The molecule has 0 spiro atoms. The molecule has 0 radical (unpaired) electrons. The number of hydrogen-bond acceptors (Lipinski definition) is 2. The van der Waals surface area contributed by atoms with Crippen molar-refractivity contribution in [1.82, 2.24) is 4.90 Å². The van der Waals surface area contributed by atoms with Gasteiger partial charge in [-0.1, -0.05) is 12.8 Å². The number of hydrogen-bond donors (Lipinski definition) is 0. The molecule has 1 rings (SSSR count). The molecule has 1 aliphatic heterocycles. The average Bonchev–Trinajstić information content (AvgIpc) is 2.53. The van der Waals surface area contributed by atoms with Crippen LogP contribution in [-0.2, 0) is 4.74 Å². The molecule has 1 saturated heterocycles. The van der Waals surface area contributed by atoms with Gasteiger partial charge in [0.15, 0.2) is 0 Å². The van der Waals surface area contributed by atoms with Crippen LogP contribution in [0.2, 0.25) is 0 Å². The largest absolute Gasteiger partial charge is 0.380 e. The zero-order valence-electron chi connectivity index (χ0n) is 7.97. The lowest BCUT2D eigenvalue weighted by Crippen LogP contribution is -2.23. The van der Waals surface area contributed by atoms with Crippen LogP contribution >= 0.6 is 0 Å². The molecule has 0 amide bonds. The van der Waals surface area contributed by atoms with E-state index in [1.54, 1.807) is 7.11 Å². The molecule has 2 heteroatoms. The Morgan fingerprint density at radius 2 is 2.33 bits per heavy atom. The zero-order valence-corrected chi connectivity index (χ0v) is 7.97. The molecule has 1 atom stereocenters. The fraction of sp³-hybridized carbons (Fsp3) is 0.800. The highest BCUT2D eigenvalue weighted by atomic mass is 16.5. The van der Waals surface area contributed by atoms with Crippen molar-refractivity contribution in [2.75, 3.05) is 26.7 Å². The Morgan fingerprint density at radius 3 is 2.92 bits per heavy atom. The average molecular weight is 167 g/mol. The summed E-state index contributed by atoms with van der Waals surface area (Å²) in [7, 11) is 1.78. The summed E-state index contributed by atoms with van der Waals surface area (Å²) in [5.41, 5.74) is 0. The Morgan fingerprint density at radius 1 is 1.50 bits per heavy atom. The molecular weight excluding hydrogens is 150 g/mol. The van der Waals surface area contributed by atoms with Gasteiger partial charge in [0, 0.05) is 26.6 Å². The predicted molar refractivity (Wildman–Crippen MR) is 49.9 cm³/mol. The molecule has 68 valence electrons. The molecule has 0 N–H and O–H groups in total. The van der Waals surface area contributed by atoms with Gasteiger partial charge >= 0.3 is 0 Å². The second kappa shape index (κ2) is 5.18. The van der Waals surface area contributed by atoms with E-state index in [0.29, 0.717) is 6.10 Å². The van der Waals surface area contributed by atoms with E-state index in [-0.39, 0.29) is 0 Å². The van der Waals surface area contributed by atoms with Crippen LogP contribution in [0.4, 0.5) is 0 Å². The van der Waals surface area contributed by atoms with Gasteiger partial charge in [-0.3, -0.25) is 4.90 Å². The standard InChI is InChI=1S/C10H17NO/c1-3-4-5-7-11-8-6-10(9-11)12-2/h10H,3,6-9H2,1-2H3/t10-/m1/s1. The topological polar surface area (TPSA) is 12.5 Å². The lowest BCUT2D eigenvalue weighted by Gasteiger charge is -2.10. The highest BCUT2D eigenvalue weighted by molar-refractivity contribution is 5.01. The van der Waals surface area contributed by atoms with Gasteiger partial charge in [-0.25, -0.2) is 0 Å². The van der Waals surface area contributed by atoms with E-state index < -0.39 is 0 Å². The van der Waals surface area contributed by atoms with Gasteiger partial charge in [-0.2, -0.15) is 0 Å². The second-order valence-electron chi connectivity index (χ2n) is 3.09. The van der Waals surface area contributed by atoms with Gasteiger partial charge in [0.25, 0.3) is 0 Å². The third-order valence-corrected chi connectivity index (χ3v) is 2.17. The Kier molecular flexibility index (Phi) is 4.13. The number of nitrogens with zero attached hydrogens (tertiary/aromatic N) is 1. The minimum absolute atomic E-state index is 0.438. The Hall–Kier alpha value is -0.520. The molecule has 0 aromatic heterocycles. The van der Waals surface area contributed by atoms with Crippen molar-refractivity contribution in [3.8, 4) is 11.8 Å². The van der Waals surface area contributed by atoms with Crippen LogP contribution in [0, 0.1) is 11.8 Å². The van der Waals surface area contributed by atoms with Crippen molar-refractivity contribution < 1.29 is 4.74 Å². The van der Waals surface area contributed by atoms with Gasteiger partial charge in [-0.05, 0) is 6.42 Å². The zero-order chi connectivity index (χ0) is 8.81. The third-order valence-electron chi connectivity index (χ3n) is 2.17. The SMILES string of the molecule is CCC#CCN1CC[C@@H](OC)C1. The smallest absolute Gasteiger partial charge is 0.0710 e. The quantitative estimate of drug-likeness (QED) is 0.571. The highest BCUT2D eigenvalue weighted by Gasteiger charge is 2.20. The van der Waals surface area contributed by atoms with Crippen LogP contribution in [0.3, 0.4) is 0 Å². The first-order valence-electron chi connectivity index (χ1n) is 4.57. The number of rotatable bonds is 2. The summed E-state index contributed by atoms with van der Waals surface area (Å²) < 4.78 is 5.26. The maximum Gasteiger partial charge on any atom is 0.0710 e. The molecule has 0 bridgehead atoms. The molecule has 0 saturated carbocycles. The molecular formula is C10H17NO. The van der Waals surface area contributed by atoms with Crippen molar-refractivity contribution in [3.05, 3.63) is 0 Å². The van der Waals surface area contributed by atoms with E-state index in [0.717, 1.165) is 32.5 Å². The first kappa shape index (κ1) is 9.57. The summed E-state index contributed by atoms with van der Waals surface area (Å²) in [6.45, 7) is 5.18. The molecule has 1 aliphatic rings. The van der Waals surface area contributed by atoms with Crippen molar-refractivity contribution in [1.29, 1.82) is 0 Å². The Bertz CT molecular complexity index is 180. The van der Waals surface area contributed by atoms with Crippen LogP contribution in [0.15, 0.2) is 0 Å². The molecule has 12 heavy (non-hydrogen) atoms. The third kappa shape index (κ3) is 2.84. The van der Waals surface area contributed by atoms with E-state index in [1.807, 2.05) is 0 Å². The van der Waals surface area contributed by atoms with Gasteiger partial charge in [-0.15, -0.1) is 5.92 Å². The summed E-state index contributed by atoms with van der Waals surface area (Å²) in [6, 6.07) is 0. The lowest BCUT2D eigenvalue weighted by molar-refractivity contribution is 0.110. The first-order chi connectivity index (χ1) is 5.86. The van der Waals surface area contributed by atoms with E-state index in [2.05, 4.69) is 23.7 Å². The van der Waals surface area contributed by atoms with E-state index in [9.17, 15) is 0 Å². The molecule has 1 fully saturated rings. The molecule has 1 heterocycles. The predicted octanol–water partition coefficient (Wildman–Crippen LogP) is 1.12. The number of likely N-dealkylation sites (tertiary alicyclic amines) is 1. The Labute approximate surface area is 74.9 Å². The van der Waals surface area contributed by atoms with Gasteiger partial charge in [0.1, 0.15) is 0 Å². The van der Waals surface area contributed by atoms with Crippen molar-refractivity contribution in [2.24, 2.45) is 0 Å². The highest BCUT2D eigenvalue weighted by Crippen LogP contribution is 2.10. The van der Waals surface area contributed by atoms with Crippen LogP contribution in [0.25, 0.3) is 0 Å². The molecule has 2 nitrogen and oxygen atoms in total.